The summed E-state index contributed by atoms with van der Waals surface area (Å²) in [5.41, 5.74) is 4.43. The van der Waals surface area contributed by atoms with E-state index in [0.717, 1.165) is 0 Å². The molecule has 0 spiro atoms. The normalized spacial score (nSPS) is 16.3. The van der Waals surface area contributed by atoms with Gasteiger partial charge in [0.1, 0.15) is 11.4 Å². The minimum Gasteiger partial charge on any atom is -0.455 e. The van der Waals surface area contributed by atoms with Gasteiger partial charge in [0.25, 0.3) is 0 Å². The number of anilines is 1. The number of benzene rings is 2. The Labute approximate surface area is 164 Å². The molecule has 1 aliphatic rings. The molecule has 0 unspecified atom stereocenters. The predicted octanol–water partition coefficient (Wildman–Crippen LogP) is 2.12. The highest BCUT2D eigenvalue weighted by atomic mass is 16.5. The van der Waals surface area contributed by atoms with Gasteiger partial charge in [-0.3, -0.25) is 9.59 Å². The van der Waals surface area contributed by atoms with E-state index in [9.17, 15) is 14.7 Å². The van der Waals surface area contributed by atoms with E-state index in [1.54, 1.807) is 12.1 Å². The second-order valence-electron chi connectivity index (χ2n) is 6.95. The number of aliphatic hydroxyl groups is 1. The highest BCUT2D eigenvalue weighted by Gasteiger charge is 2.37. The Hall–Kier alpha value is -2.90. The van der Waals surface area contributed by atoms with Crippen molar-refractivity contribution in [3.8, 4) is 11.5 Å². The molecule has 4 N–H and O–H groups in total. The number of para-hydroxylation sites is 3. The highest BCUT2D eigenvalue weighted by molar-refractivity contribution is 5.92. The average Bonchev–Trinajstić information content (AvgIpc) is 2.70. The first-order valence-corrected chi connectivity index (χ1v) is 9.33. The summed E-state index contributed by atoms with van der Waals surface area (Å²) >= 11 is 0. The van der Waals surface area contributed by atoms with Crippen LogP contribution in [0.3, 0.4) is 0 Å². The number of carbonyl (C=O) groups excluding carboxylic acids is 2. The number of primary amides is 1. The summed E-state index contributed by atoms with van der Waals surface area (Å²) in [4.78, 5) is 25.7. The van der Waals surface area contributed by atoms with Gasteiger partial charge in [-0.2, -0.15) is 0 Å². The molecule has 0 aromatic heterocycles. The lowest BCUT2D eigenvalue weighted by Gasteiger charge is -2.35. The molecule has 3 rings (SSSR count). The lowest BCUT2D eigenvalue weighted by Crippen LogP contribution is -2.52. The lowest BCUT2D eigenvalue weighted by molar-refractivity contribution is -0.141. The molecule has 28 heavy (non-hydrogen) atoms. The smallest absolute Gasteiger partial charge is 0.249 e. The molecule has 2 aromatic rings. The monoisotopic (exact) mass is 383 g/mol. The molecule has 2 amide bonds. The molecule has 0 radical (unpaired) electrons. The number of nitrogens with one attached hydrogen (secondary N) is 1. The van der Waals surface area contributed by atoms with Crippen molar-refractivity contribution in [1.29, 1.82) is 0 Å². The Morgan fingerprint density at radius 2 is 1.71 bits per heavy atom. The molecule has 148 valence electrons. The summed E-state index contributed by atoms with van der Waals surface area (Å²) in [5, 5.41) is 13.0. The average molecular weight is 383 g/mol. The second-order valence-corrected chi connectivity index (χ2v) is 6.95. The maximum atomic E-state index is 12.4. The number of nitrogens with zero attached hydrogens (tertiary/aromatic N) is 1. The Morgan fingerprint density at radius 1 is 1.07 bits per heavy atom. The molecule has 0 saturated carbocycles. The first-order valence-electron chi connectivity index (χ1n) is 9.33. The standard InChI is InChI=1S/C21H25N3O4/c22-20(26)21(27)11-14-24(15-12-21)13-10-19(25)23-17-8-4-5-9-18(17)28-16-6-2-1-3-7-16/h1-9,27H,10-15H2,(H2,22,26)(H,23,25). The third kappa shape index (κ3) is 5.09. The quantitative estimate of drug-likeness (QED) is 0.679. The van der Waals surface area contributed by atoms with Gasteiger partial charge in [-0.1, -0.05) is 30.3 Å². The summed E-state index contributed by atoms with van der Waals surface area (Å²) in [6, 6.07) is 16.7. The van der Waals surface area contributed by atoms with Crippen molar-refractivity contribution in [2.45, 2.75) is 24.9 Å². The summed E-state index contributed by atoms with van der Waals surface area (Å²) < 4.78 is 5.85. The summed E-state index contributed by atoms with van der Waals surface area (Å²) in [6.07, 6.45) is 0.879. The molecule has 0 atom stereocenters. The van der Waals surface area contributed by atoms with Gasteiger partial charge in [0, 0.05) is 26.1 Å². The maximum absolute atomic E-state index is 12.4. The van der Waals surface area contributed by atoms with E-state index < -0.39 is 11.5 Å². The van der Waals surface area contributed by atoms with E-state index in [2.05, 4.69) is 5.32 Å². The van der Waals surface area contributed by atoms with Crippen LogP contribution in [0.15, 0.2) is 54.6 Å². The Morgan fingerprint density at radius 3 is 2.39 bits per heavy atom. The number of carbonyl (C=O) groups is 2. The minimum atomic E-state index is -1.42. The number of likely N-dealkylation sites (tertiary alicyclic amines) is 1. The van der Waals surface area contributed by atoms with E-state index in [0.29, 0.717) is 43.2 Å². The van der Waals surface area contributed by atoms with Crippen molar-refractivity contribution in [2.24, 2.45) is 5.73 Å². The van der Waals surface area contributed by atoms with E-state index >= 15 is 0 Å². The SMILES string of the molecule is NC(=O)C1(O)CCN(CCC(=O)Nc2ccccc2Oc2ccccc2)CC1. The van der Waals surface area contributed by atoms with Crippen molar-refractivity contribution < 1.29 is 19.4 Å². The number of nitrogens with two attached hydrogens (primary N) is 1. The van der Waals surface area contributed by atoms with Gasteiger partial charge in [-0.05, 0) is 37.1 Å². The number of amides is 2. The molecule has 1 aliphatic heterocycles. The number of piperidine rings is 1. The van der Waals surface area contributed by atoms with Gasteiger partial charge in [0.15, 0.2) is 5.75 Å². The van der Waals surface area contributed by atoms with Gasteiger partial charge < -0.3 is 25.8 Å². The second kappa shape index (κ2) is 8.86. The lowest BCUT2D eigenvalue weighted by atomic mass is 9.91. The Bertz CT molecular complexity index is 817. The fourth-order valence-electron chi connectivity index (χ4n) is 3.14. The van der Waals surface area contributed by atoms with Gasteiger partial charge in [-0.25, -0.2) is 0 Å². The molecule has 1 fully saturated rings. The largest absolute Gasteiger partial charge is 0.455 e. The molecule has 7 heteroatoms. The van der Waals surface area contributed by atoms with Crippen molar-refractivity contribution in [3.05, 3.63) is 54.6 Å². The molecular formula is C21H25N3O4. The number of hydrogen-bond donors (Lipinski definition) is 3. The maximum Gasteiger partial charge on any atom is 0.249 e. The zero-order valence-corrected chi connectivity index (χ0v) is 15.6. The zero-order valence-electron chi connectivity index (χ0n) is 15.6. The van der Waals surface area contributed by atoms with Crippen LogP contribution in [0.5, 0.6) is 11.5 Å². The van der Waals surface area contributed by atoms with Crippen LogP contribution in [0, 0.1) is 0 Å². The van der Waals surface area contributed by atoms with Gasteiger partial charge in [0.2, 0.25) is 11.8 Å². The van der Waals surface area contributed by atoms with Crippen LogP contribution in [0.4, 0.5) is 5.69 Å². The summed E-state index contributed by atoms with van der Waals surface area (Å²) in [7, 11) is 0. The van der Waals surface area contributed by atoms with Crippen LogP contribution in [0.25, 0.3) is 0 Å². The van der Waals surface area contributed by atoms with Crippen LogP contribution in [-0.2, 0) is 9.59 Å². The Kier molecular flexibility index (Phi) is 6.28. The number of rotatable bonds is 7. The van der Waals surface area contributed by atoms with Gasteiger partial charge >= 0.3 is 0 Å². The van der Waals surface area contributed by atoms with E-state index in [4.69, 9.17) is 10.5 Å². The van der Waals surface area contributed by atoms with Crippen molar-refractivity contribution in [1.82, 2.24) is 4.90 Å². The molecule has 1 heterocycles. The number of ether oxygens (including phenoxy) is 1. The third-order valence-corrected chi connectivity index (χ3v) is 4.93. The molecule has 0 bridgehead atoms. The first kappa shape index (κ1) is 19.9. The fourth-order valence-corrected chi connectivity index (χ4v) is 3.14. The molecule has 2 aromatic carbocycles. The van der Waals surface area contributed by atoms with Gasteiger partial charge in [-0.15, -0.1) is 0 Å². The van der Waals surface area contributed by atoms with Crippen molar-refractivity contribution in [3.63, 3.8) is 0 Å². The molecule has 1 saturated heterocycles. The fraction of sp³-hybridized carbons (Fsp3) is 0.333. The topological polar surface area (TPSA) is 105 Å². The number of hydrogen-bond acceptors (Lipinski definition) is 5. The minimum absolute atomic E-state index is 0.125. The predicted molar refractivity (Wildman–Crippen MR) is 106 cm³/mol. The van der Waals surface area contributed by atoms with Crippen LogP contribution in [0.2, 0.25) is 0 Å². The van der Waals surface area contributed by atoms with Crippen LogP contribution in [-0.4, -0.2) is 47.1 Å². The molecule has 7 nitrogen and oxygen atoms in total. The van der Waals surface area contributed by atoms with Crippen LogP contribution in [0.1, 0.15) is 19.3 Å². The highest BCUT2D eigenvalue weighted by Crippen LogP contribution is 2.29. The summed E-state index contributed by atoms with van der Waals surface area (Å²) in [6.45, 7) is 1.60. The first-order chi connectivity index (χ1) is 13.5. The van der Waals surface area contributed by atoms with Crippen molar-refractivity contribution in [2.75, 3.05) is 25.0 Å². The van der Waals surface area contributed by atoms with Crippen molar-refractivity contribution >= 4 is 17.5 Å². The Balaban J connectivity index is 1.51. The van der Waals surface area contributed by atoms with Gasteiger partial charge in [0.05, 0.1) is 5.69 Å². The molecular weight excluding hydrogens is 358 g/mol. The van der Waals surface area contributed by atoms with Crippen LogP contribution < -0.4 is 15.8 Å². The van der Waals surface area contributed by atoms with Crippen LogP contribution >= 0.6 is 0 Å². The zero-order chi connectivity index (χ0) is 20.0. The summed E-state index contributed by atoms with van der Waals surface area (Å²) in [5.74, 6) is 0.464. The van der Waals surface area contributed by atoms with E-state index in [1.807, 2.05) is 47.4 Å². The van der Waals surface area contributed by atoms with E-state index in [-0.39, 0.29) is 18.7 Å². The van der Waals surface area contributed by atoms with E-state index in [1.165, 1.54) is 0 Å². The molecule has 0 aliphatic carbocycles. The third-order valence-electron chi connectivity index (χ3n) is 4.93.